The summed E-state index contributed by atoms with van der Waals surface area (Å²) in [5.74, 6) is 0.896. The van der Waals surface area contributed by atoms with E-state index in [-0.39, 0.29) is 6.04 Å². The summed E-state index contributed by atoms with van der Waals surface area (Å²) < 4.78 is 0. The van der Waals surface area contributed by atoms with Gasteiger partial charge in [0.25, 0.3) is 0 Å². The van der Waals surface area contributed by atoms with Crippen LogP contribution in [0.1, 0.15) is 39.0 Å². The molecule has 0 aromatic rings. The van der Waals surface area contributed by atoms with Crippen LogP contribution < -0.4 is 5.32 Å². The zero-order chi connectivity index (χ0) is 11.4. The maximum atomic E-state index is 9.18. The molecule has 3 atom stereocenters. The Labute approximate surface area is 98.8 Å². The lowest BCUT2D eigenvalue weighted by Gasteiger charge is -2.42. The summed E-state index contributed by atoms with van der Waals surface area (Å²) in [5.41, 5.74) is 0. The Hall–Kier alpha value is -0.590. The van der Waals surface area contributed by atoms with Gasteiger partial charge in [-0.25, -0.2) is 0 Å². The Balaban J connectivity index is 1.96. The van der Waals surface area contributed by atoms with Crippen molar-refractivity contribution in [2.75, 3.05) is 19.6 Å². The summed E-state index contributed by atoms with van der Waals surface area (Å²) in [6.45, 7) is 5.25. The third-order valence-electron chi connectivity index (χ3n) is 4.24. The van der Waals surface area contributed by atoms with Crippen LogP contribution >= 0.6 is 0 Å². The molecular weight excluding hydrogens is 198 g/mol. The van der Waals surface area contributed by atoms with Crippen molar-refractivity contribution in [3.05, 3.63) is 0 Å². The van der Waals surface area contributed by atoms with Crippen LogP contribution in [0.25, 0.3) is 0 Å². The first-order chi connectivity index (χ1) is 7.85. The minimum absolute atomic E-state index is 0.106. The van der Waals surface area contributed by atoms with Crippen LogP contribution in [0, 0.1) is 17.2 Å². The number of piperazine rings is 1. The first-order valence-corrected chi connectivity index (χ1v) is 6.71. The maximum Gasteiger partial charge on any atom is 0.111 e. The molecular formula is C13H23N3. The van der Waals surface area contributed by atoms with Gasteiger partial charge in [-0.15, -0.1) is 0 Å². The second-order valence-corrected chi connectivity index (χ2v) is 5.18. The monoisotopic (exact) mass is 221 g/mol. The highest BCUT2D eigenvalue weighted by molar-refractivity contribution is 4.99. The molecule has 0 bridgehead atoms. The van der Waals surface area contributed by atoms with Crippen molar-refractivity contribution in [2.24, 2.45) is 5.92 Å². The molecule has 16 heavy (non-hydrogen) atoms. The van der Waals surface area contributed by atoms with Crippen LogP contribution in [-0.4, -0.2) is 36.6 Å². The van der Waals surface area contributed by atoms with Crippen LogP contribution in [0.15, 0.2) is 0 Å². The lowest BCUT2D eigenvalue weighted by molar-refractivity contribution is 0.0885. The van der Waals surface area contributed by atoms with Gasteiger partial charge in [0, 0.05) is 25.7 Å². The molecule has 3 unspecified atom stereocenters. The predicted octanol–water partition coefficient (Wildman–Crippen LogP) is 1.75. The first kappa shape index (κ1) is 11.9. The molecule has 0 aromatic heterocycles. The summed E-state index contributed by atoms with van der Waals surface area (Å²) in [7, 11) is 0. The molecule has 2 fully saturated rings. The van der Waals surface area contributed by atoms with Gasteiger partial charge in [0.1, 0.15) is 6.04 Å². The zero-order valence-electron chi connectivity index (χ0n) is 10.3. The van der Waals surface area contributed by atoms with Gasteiger partial charge in [-0.1, -0.05) is 26.2 Å². The van der Waals surface area contributed by atoms with Gasteiger partial charge in [0.05, 0.1) is 6.07 Å². The molecule has 0 radical (unpaired) electrons. The highest BCUT2D eigenvalue weighted by Crippen LogP contribution is 2.30. The quantitative estimate of drug-likeness (QED) is 0.772. The molecule has 90 valence electrons. The number of rotatable bonds is 2. The lowest BCUT2D eigenvalue weighted by Crippen LogP contribution is -2.55. The lowest BCUT2D eigenvalue weighted by atomic mass is 9.83. The summed E-state index contributed by atoms with van der Waals surface area (Å²) in [4.78, 5) is 2.46. The fourth-order valence-corrected chi connectivity index (χ4v) is 3.21. The Morgan fingerprint density at radius 1 is 1.44 bits per heavy atom. The van der Waals surface area contributed by atoms with Crippen LogP contribution in [0.3, 0.4) is 0 Å². The average Bonchev–Trinajstić information content (AvgIpc) is 2.38. The van der Waals surface area contributed by atoms with E-state index in [9.17, 15) is 5.26 Å². The fourth-order valence-electron chi connectivity index (χ4n) is 3.21. The minimum Gasteiger partial charge on any atom is -0.313 e. The molecule has 1 saturated carbocycles. The largest absolute Gasteiger partial charge is 0.313 e. The fraction of sp³-hybridized carbons (Fsp3) is 0.923. The number of nitrogens with zero attached hydrogens (tertiary/aromatic N) is 2. The molecule has 0 amide bonds. The molecule has 2 rings (SSSR count). The molecule has 1 N–H and O–H groups in total. The smallest absolute Gasteiger partial charge is 0.111 e. The van der Waals surface area contributed by atoms with Crippen molar-refractivity contribution in [3.8, 4) is 6.07 Å². The van der Waals surface area contributed by atoms with Crippen molar-refractivity contribution >= 4 is 0 Å². The van der Waals surface area contributed by atoms with E-state index >= 15 is 0 Å². The molecule has 3 heteroatoms. The third kappa shape index (κ3) is 2.56. The second-order valence-electron chi connectivity index (χ2n) is 5.18. The number of hydrogen-bond donors (Lipinski definition) is 1. The SMILES string of the molecule is CCC1CCCC(N2CCNCC2C#N)C1. The molecule has 0 aromatic carbocycles. The topological polar surface area (TPSA) is 39.1 Å². The van der Waals surface area contributed by atoms with Gasteiger partial charge in [-0.3, -0.25) is 4.90 Å². The summed E-state index contributed by atoms with van der Waals surface area (Å²) in [6, 6.07) is 3.23. The van der Waals surface area contributed by atoms with E-state index in [1.807, 2.05) is 0 Å². The van der Waals surface area contributed by atoms with Gasteiger partial charge in [-0.05, 0) is 18.8 Å². The van der Waals surface area contributed by atoms with E-state index < -0.39 is 0 Å². The van der Waals surface area contributed by atoms with Gasteiger partial charge in [0.15, 0.2) is 0 Å². The molecule has 1 aliphatic heterocycles. The minimum atomic E-state index is 0.106. The van der Waals surface area contributed by atoms with Crippen LogP contribution in [0.5, 0.6) is 0 Å². The third-order valence-corrected chi connectivity index (χ3v) is 4.24. The standard InChI is InChI=1S/C13H23N3/c1-2-11-4-3-5-12(8-11)16-7-6-15-10-13(16)9-14/h11-13,15H,2-8,10H2,1H3. The Morgan fingerprint density at radius 3 is 3.06 bits per heavy atom. The maximum absolute atomic E-state index is 9.18. The number of hydrogen-bond acceptors (Lipinski definition) is 3. The Morgan fingerprint density at radius 2 is 2.31 bits per heavy atom. The van der Waals surface area contributed by atoms with Crippen molar-refractivity contribution in [2.45, 2.75) is 51.1 Å². The van der Waals surface area contributed by atoms with Gasteiger partial charge < -0.3 is 5.32 Å². The van der Waals surface area contributed by atoms with E-state index in [2.05, 4.69) is 23.2 Å². The van der Waals surface area contributed by atoms with Crippen molar-refractivity contribution in [1.29, 1.82) is 5.26 Å². The van der Waals surface area contributed by atoms with Crippen LogP contribution in [0.4, 0.5) is 0 Å². The van der Waals surface area contributed by atoms with Crippen molar-refractivity contribution in [3.63, 3.8) is 0 Å². The van der Waals surface area contributed by atoms with Gasteiger partial charge in [-0.2, -0.15) is 5.26 Å². The van der Waals surface area contributed by atoms with Crippen LogP contribution in [-0.2, 0) is 0 Å². The van der Waals surface area contributed by atoms with Crippen LogP contribution in [0.2, 0.25) is 0 Å². The van der Waals surface area contributed by atoms with Gasteiger partial charge >= 0.3 is 0 Å². The average molecular weight is 221 g/mol. The number of nitriles is 1. The summed E-state index contributed by atoms with van der Waals surface area (Å²) >= 11 is 0. The number of nitrogens with one attached hydrogen (secondary N) is 1. The highest BCUT2D eigenvalue weighted by atomic mass is 15.2. The summed E-state index contributed by atoms with van der Waals surface area (Å²) in [5, 5.41) is 12.5. The Bertz CT molecular complexity index is 258. The van der Waals surface area contributed by atoms with E-state index in [0.717, 1.165) is 25.6 Å². The zero-order valence-corrected chi connectivity index (χ0v) is 10.3. The molecule has 3 nitrogen and oxygen atoms in total. The predicted molar refractivity (Wildman–Crippen MR) is 65.0 cm³/mol. The Kier molecular flexibility index (Phi) is 4.20. The molecule has 1 aliphatic carbocycles. The van der Waals surface area contributed by atoms with E-state index in [1.165, 1.54) is 32.1 Å². The van der Waals surface area contributed by atoms with E-state index in [4.69, 9.17) is 0 Å². The molecule has 2 aliphatic rings. The normalized spacial score (nSPS) is 36.9. The van der Waals surface area contributed by atoms with Gasteiger partial charge in [0.2, 0.25) is 0 Å². The molecule has 1 saturated heterocycles. The first-order valence-electron chi connectivity index (χ1n) is 6.71. The second kappa shape index (κ2) is 5.65. The summed E-state index contributed by atoms with van der Waals surface area (Å²) in [6.07, 6.45) is 6.67. The molecule has 0 spiro atoms. The highest BCUT2D eigenvalue weighted by Gasteiger charge is 2.31. The van der Waals surface area contributed by atoms with E-state index in [0.29, 0.717) is 6.04 Å². The van der Waals surface area contributed by atoms with Crippen molar-refractivity contribution < 1.29 is 0 Å². The van der Waals surface area contributed by atoms with Crippen molar-refractivity contribution in [1.82, 2.24) is 10.2 Å². The van der Waals surface area contributed by atoms with E-state index in [1.54, 1.807) is 0 Å². The molecule has 1 heterocycles.